The van der Waals surface area contributed by atoms with Gasteiger partial charge in [0, 0.05) is 19.2 Å². The van der Waals surface area contributed by atoms with Crippen LogP contribution in [0.2, 0.25) is 0 Å². The highest BCUT2D eigenvalue weighted by Crippen LogP contribution is 2.14. The second kappa shape index (κ2) is 4.77. The van der Waals surface area contributed by atoms with E-state index in [9.17, 15) is 4.39 Å². The van der Waals surface area contributed by atoms with Crippen LogP contribution in [0, 0.1) is 5.82 Å². The van der Waals surface area contributed by atoms with Crippen LogP contribution in [0.5, 0.6) is 5.75 Å². The molecule has 0 unspecified atom stereocenters. The molecule has 0 heterocycles. The highest BCUT2D eigenvalue weighted by atomic mass is 19.1. The van der Waals surface area contributed by atoms with Gasteiger partial charge in [0.25, 0.3) is 0 Å². The van der Waals surface area contributed by atoms with Gasteiger partial charge in [0.2, 0.25) is 0 Å². The molecule has 76 valence electrons. The summed E-state index contributed by atoms with van der Waals surface area (Å²) in [6.45, 7) is 6.87. The standard InChI is InChI=1S/C11H14FNO/c1-8(2)6-13-7-9-3-10(12)5-11(14)4-9/h3-5,13-14H,1,6-7H2,2H3. The van der Waals surface area contributed by atoms with Gasteiger partial charge in [-0.05, 0) is 24.6 Å². The van der Waals surface area contributed by atoms with Gasteiger partial charge in [-0.25, -0.2) is 4.39 Å². The van der Waals surface area contributed by atoms with Crippen LogP contribution >= 0.6 is 0 Å². The lowest BCUT2D eigenvalue weighted by Crippen LogP contribution is -2.15. The van der Waals surface area contributed by atoms with Crippen LogP contribution in [0.3, 0.4) is 0 Å². The minimum atomic E-state index is -0.419. The first-order valence-electron chi connectivity index (χ1n) is 4.41. The molecule has 0 aliphatic rings. The molecule has 2 nitrogen and oxygen atoms in total. The molecule has 0 atom stereocenters. The molecule has 14 heavy (non-hydrogen) atoms. The third-order valence-corrected chi connectivity index (χ3v) is 1.70. The molecule has 0 bridgehead atoms. The third-order valence-electron chi connectivity index (χ3n) is 1.70. The van der Waals surface area contributed by atoms with Crippen LogP contribution in [0.25, 0.3) is 0 Å². The van der Waals surface area contributed by atoms with Crippen LogP contribution in [-0.4, -0.2) is 11.7 Å². The van der Waals surface area contributed by atoms with E-state index in [2.05, 4.69) is 11.9 Å². The van der Waals surface area contributed by atoms with Gasteiger partial charge in [0.15, 0.2) is 0 Å². The second-order valence-corrected chi connectivity index (χ2v) is 3.38. The molecule has 0 saturated carbocycles. The molecule has 0 spiro atoms. The van der Waals surface area contributed by atoms with E-state index in [1.54, 1.807) is 0 Å². The average molecular weight is 195 g/mol. The number of hydrogen-bond donors (Lipinski definition) is 2. The van der Waals surface area contributed by atoms with Crippen molar-refractivity contribution in [2.45, 2.75) is 13.5 Å². The molecule has 0 aliphatic carbocycles. The average Bonchev–Trinajstić information content (AvgIpc) is 2.01. The number of halogens is 1. The Balaban J connectivity index is 2.54. The summed E-state index contributed by atoms with van der Waals surface area (Å²) >= 11 is 0. The predicted octanol–water partition coefficient (Wildman–Crippen LogP) is 2.20. The summed E-state index contributed by atoms with van der Waals surface area (Å²) in [6, 6.07) is 4.02. The first kappa shape index (κ1) is 10.7. The number of nitrogens with one attached hydrogen (secondary N) is 1. The highest BCUT2D eigenvalue weighted by molar-refractivity contribution is 5.28. The lowest BCUT2D eigenvalue weighted by molar-refractivity contribution is 0.467. The first-order chi connectivity index (χ1) is 6.58. The van der Waals surface area contributed by atoms with Gasteiger partial charge in [-0.3, -0.25) is 0 Å². The molecule has 3 heteroatoms. The third kappa shape index (κ3) is 3.58. The van der Waals surface area contributed by atoms with Crippen molar-refractivity contribution < 1.29 is 9.50 Å². The van der Waals surface area contributed by atoms with Gasteiger partial charge in [-0.15, -0.1) is 0 Å². The number of phenols is 1. The summed E-state index contributed by atoms with van der Waals surface area (Å²) < 4.78 is 12.8. The maximum atomic E-state index is 12.8. The topological polar surface area (TPSA) is 32.3 Å². The number of phenolic OH excluding ortho intramolecular Hbond substituents is 1. The highest BCUT2D eigenvalue weighted by Gasteiger charge is 1.99. The Labute approximate surface area is 83.1 Å². The molecule has 0 fully saturated rings. The summed E-state index contributed by atoms with van der Waals surface area (Å²) in [4.78, 5) is 0. The fraction of sp³-hybridized carbons (Fsp3) is 0.273. The van der Waals surface area contributed by atoms with E-state index in [-0.39, 0.29) is 5.75 Å². The number of hydrogen-bond acceptors (Lipinski definition) is 2. The summed E-state index contributed by atoms with van der Waals surface area (Å²) in [7, 11) is 0. The quantitative estimate of drug-likeness (QED) is 0.722. The molecule has 0 amide bonds. The predicted molar refractivity (Wildman–Crippen MR) is 54.6 cm³/mol. The Morgan fingerprint density at radius 3 is 2.79 bits per heavy atom. The van der Waals surface area contributed by atoms with Crippen molar-refractivity contribution in [2.75, 3.05) is 6.54 Å². The molecule has 2 N–H and O–H groups in total. The van der Waals surface area contributed by atoms with Crippen LogP contribution in [-0.2, 0) is 6.54 Å². The van der Waals surface area contributed by atoms with Crippen LogP contribution in [0.15, 0.2) is 30.4 Å². The fourth-order valence-corrected chi connectivity index (χ4v) is 1.16. The van der Waals surface area contributed by atoms with E-state index < -0.39 is 5.82 Å². The SMILES string of the molecule is C=C(C)CNCc1cc(O)cc(F)c1. The van der Waals surface area contributed by atoms with Gasteiger partial charge in [-0.1, -0.05) is 12.2 Å². The van der Waals surface area contributed by atoms with E-state index in [4.69, 9.17) is 5.11 Å². The molecule has 1 aromatic rings. The van der Waals surface area contributed by atoms with Crippen molar-refractivity contribution in [1.29, 1.82) is 0 Å². The maximum Gasteiger partial charge on any atom is 0.127 e. The van der Waals surface area contributed by atoms with Crippen molar-refractivity contribution in [3.8, 4) is 5.75 Å². The Bertz CT molecular complexity index is 316. The van der Waals surface area contributed by atoms with E-state index in [1.165, 1.54) is 12.1 Å². The zero-order chi connectivity index (χ0) is 10.6. The Morgan fingerprint density at radius 1 is 1.50 bits per heavy atom. The summed E-state index contributed by atoms with van der Waals surface area (Å²) in [5, 5.41) is 12.2. The van der Waals surface area contributed by atoms with Crippen LogP contribution in [0.4, 0.5) is 4.39 Å². The van der Waals surface area contributed by atoms with Gasteiger partial charge < -0.3 is 10.4 Å². The zero-order valence-electron chi connectivity index (χ0n) is 8.18. The summed E-state index contributed by atoms with van der Waals surface area (Å²) in [5.41, 5.74) is 1.74. The van der Waals surface area contributed by atoms with Gasteiger partial charge in [-0.2, -0.15) is 0 Å². The second-order valence-electron chi connectivity index (χ2n) is 3.38. The fourth-order valence-electron chi connectivity index (χ4n) is 1.16. The number of aromatic hydroxyl groups is 1. The molecule has 1 aromatic carbocycles. The molecule has 0 radical (unpaired) electrons. The molecule has 1 rings (SSSR count). The zero-order valence-corrected chi connectivity index (χ0v) is 8.18. The van der Waals surface area contributed by atoms with Crippen molar-refractivity contribution in [3.63, 3.8) is 0 Å². The number of rotatable bonds is 4. The van der Waals surface area contributed by atoms with E-state index in [1.807, 2.05) is 6.92 Å². The largest absolute Gasteiger partial charge is 0.508 e. The molecular formula is C11H14FNO. The van der Waals surface area contributed by atoms with Crippen molar-refractivity contribution >= 4 is 0 Å². The molecule has 0 saturated heterocycles. The van der Waals surface area contributed by atoms with Crippen molar-refractivity contribution in [1.82, 2.24) is 5.32 Å². The van der Waals surface area contributed by atoms with Crippen LogP contribution in [0.1, 0.15) is 12.5 Å². The molecule has 0 aromatic heterocycles. The van der Waals surface area contributed by atoms with E-state index in [0.29, 0.717) is 13.1 Å². The Kier molecular flexibility index (Phi) is 3.65. The summed E-state index contributed by atoms with van der Waals surface area (Å²) in [5.74, 6) is -0.464. The van der Waals surface area contributed by atoms with Crippen molar-refractivity contribution in [3.05, 3.63) is 41.7 Å². The first-order valence-corrected chi connectivity index (χ1v) is 4.41. The minimum absolute atomic E-state index is 0.0443. The Morgan fingerprint density at radius 2 is 2.21 bits per heavy atom. The minimum Gasteiger partial charge on any atom is -0.508 e. The molecular weight excluding hydrogens is 181 g/mol. The lowest BCUT2D eigenvalue weighted by atomic mass is 10.2. The van der Waals surface area contributed by atoms with Gasteiger partial charge >= 0.3 is 0 Å². The van der Waals surface area contributed by atoms with Gasteiger partial charge in [0.05, 0.1) is 0 Å². The van der Waals surface area contributed by atoms with Crippen LogP contribution < -0.4 is 5.32 Å². The number of benzene rings is 1. The van der Waals surface area contributed by atoms with Crippen molar-refractivity contribution in [2.24, 2.45) is 0 Å². The smallest absolute Gasteiger partial charge is 0.127 e. The normalized spacial score (nSPS) is 10.1. The van der Waals surface area contributed by atoms with Gasteiger partial charge in [0.1, 0.15) is 11.6 Å². The molecule has 0 aliphatic heterocycles. The summed E-state index contributed by atoms with van der Waals surface area (Å²) in [6.07, 6.45) is 0. The Hall–Kier alpha value is -1.35. The van der Waals surface area contributed by atoms with E-state index >= 15 is 0 Å². The lowest BCUT2D eigenvalue weighted by Gasteiger charge is -2.05. The monoisotopic (exact) mass is 195 g/mol. The van der Waals surface area contributed by atoms with E-state index in [0.717, 1.165) is 17.2 Å². The maximum absolute atomic E-state index is 12.8.